The van der Waals surface area contributed by atoms with Crippen LogP contribution in [-0.2, 0) is 5.41 Å². The van der Waals surface area contributed by atoms with Gasteiger partial charge < -0.3 is 4.74 Å². The van der Waals surface area contributed by atoms with Crippen LogP contribution in [0.3, 0.4) is 0 Å². The topological polar surface area (TPSA) is 35.0 Å². The average molecular weight is 278 g/mol. The Bertz CT molecular complexity index is 364. The van der Waals surface area contributed by atoms with Crippen LogP contribution in [0, 0.1) is 0 Å². The van der Waals surface area contributed by atoms with Gasteiger partial charge in [0.15, 0.2) is 5.75 Å². The SMILES string of the molecule is CCCCCCC(C)(CCCC)c1ncc(OC)cn1. The lowest BCUT2D eigenvalue weighted by Gasteiger charge is -2.28. The van der Waals surface area contributed by atoms with Gasteiger partial charge in [0.2, 0.25) is 0 Å². The van der Waals surface area contributed by atoms with Gasteiger partial charge in [-0.05, 0) is 12.8 Å². The van der Waals surface area contributed by atoms with Crippen LogP contribution >= 0.6 is 0 Å². The van der Waals surface area contributed by atoms with E-state index >= 15 is 0 Å². The molecule has 20 heavy (non-hydrogen) atoms. The second-order valence-electron chi connectivity index (χ2n) is 5.92. The zero-order valence-corrected chi connectivity index (χ0v) is 13.6. The van der Waals surface area contributed by atoms with Gasteiger partial charge in [-0.1, -0.05) is 59.3 Å². The lowest BCUT2D eigenvalue weighted by molar-refractivity contribution is 0.346. The highest BCUT2D eigenvalue weighted by Crippen LogP contribution is 2.33. The molecule has 0 aliphatic rings. The molecule has 114 valence electrons. The van der Waals surface area contributed by atoms with Crippen molar-refractivity contribution < 1.29 is 4.74 Å². The molecule has 0 fully saturated rings. The van der Waals surface area contributed by atoms with E-state index < -0.39 is 0 Å². The second kappa shape index (κ2) is 8.93. The second-order valence-corrected chi connectivity index (χ2v) is 5.92. The summed E-state index contributed by atoms with van der Waals surface area (Å²) in [6.45, 7) is 6.81. The minimum Gasteiger partial charge on any atom is -0.494 e. The molecule has 3 heteroatoms. The minimum absolute atomic E-state index is 0.107. The van der Waals surface area contributed by atoms with E-state index in [1.54, 1.807) is 19.5 Å². The molecule has 0 N–H and O–H groups in total. The molecule has 1 rings (SSSR count). The highest BCUT2D eigenvalue weighted by molar-refractivity contribution is 5.15. The Hall–Kier alpha value is -1.12. The van der Waals surface area contributed by atoms with Crippen LogP contribution in [0.15, 0.2) is 12.4 Å². The Labute approximate surface area is 124 Å². The number of ether oxygens (including phenoxy) is 1. The lowest BCUT2D eigenvalue weighted by atomic mass is 9.79. The van der Waals surface area contributed by atoms with Gasteiger partial charge in [0.25, 0.3) is 0 Å². The highest BCUT2D eigenvalue weighted by atomic mass is 16.5. The van der Waals surface area contributed by atoms with Crippen molar-refractivity contribution in [2.24, 2.45) is 0 Å². The number of unbranched alkanes of at least 4 members (excludes halogenated alkanes) is 4. The van der Waals surface area contributed by atoms with Gasteiger partial charge in [-0.15, -0.1) is 0 Å². The van der Waals surface area contributed by atoms with Gasteiger partial charge in [0.05, 0.1) is 19.5 Å². The molecule has 1 heterocycles. The molecule has 0 amide bonds. The van der Waals surface area contributed by atoms with Crippen molar-refractivity contribution >= 4 is 0 Å². The number of nitrogens with zero attached hydrogens (tertiary/aromatic N) is 2. The zero-order valence-electron chi connectivity index (χ0n) is 13.6. The van der Waals surface area contributed by atoms with Crippen molar-refractivity contribution in [2.45, 2.75) is 77.6 Å². The first-order valence-electron chi connectivity index (χ1n) is 8.02. The fourth-order valence-electron chi connectivity index (χ4n) is 2.59. The van der Waals surface area contributed by atoms with Gasteiger partial charge in [0.1, 0.15) is 5.82 Å². The van der Waals surface area contributed by atoms with Gasteiger partial charge in [-0.2, -0.15) is 0 Å². The molecule has 1 atom stereocenters. The molecule has 0 saturated carbocycles. The molecule has 1 aromatic heterocycles. The Balaban J connectivity index is 2.73. The van der Waals surface area contributed by atoms with Gasteiger partial charge in [-0.25, -0.2) is 9.97 Å². The van der Waals surface area contributed by atoms with Crippen molar-refractivity contribution in [3.63, 3.8) is 0 Å². The summed E-state index contributed by atoms with van der Waals surface area (Å²) in [5, 5.41) is 0. The van der Waals surface area contributed by atoms with Crippen LogP contribution in [0.5, 0.6) is 5.75 Å². The summed E-state index contributed by atoms with van der Waals surface area (Å²) >= 11 is 0. The molecule has 0 spiro atoms. The van der Waals surface area contributed by atoms with Gasteiger partial charge in [0, 0.05) is 5.41 Å². The van der Waals surface area contributed by atoms with Crippen molar-refractivity contribution in [1.82, 2.24) is 9.97 Å². The van der Waals surface area contributed by atoms with Crippen molar-refractivity contribution in [1.29, 1.82) is 0 Å². The molecule has 0 aliphatic heterocycles. The number of hydrogen-bond donors (Lipinski definition) is 0. The molecule has 0 radical (unpaired) electrons. The number of aromatic nitrogens is 2. The van der Waals surface area contributed by atoms with Crippen LogP contribution in [0.4, 0.5) is 0 Å². The third kappa shape index (κ3) is 5.10. The molecule has 0 saturated heterocycles. The fraction of sp³-hybridized carbons (Fsp3) is 0.765. The van der Waals surface area contributed by atoms with Crippen molar-refractivity contribution in [3.8, 4) is 5.75 Å². The first kappa shape index (κ1) is 16.9. The average Bonchev–Trinajstić information content (AvgIpc) is 2.50. The smallest absolute Gasteiger partial charge is 0.155 e. The van der Waals surface area contributed by atoms with E-state index in [0.29, 0.717) is 0 Å². The Kier molecular flexibility index (Phi) is 7.56. The minimum atomic E-state index is 0.107. The van der Waals surface area contributed by atoms with E-state index in [1.807, 2.05) is 0 Å². The molecular weight excluding hydrogens is 248 g/mol. The van der Waals surface area contributed by atoms with Crippen LogP contribution in [-0.4, -0.2) is 17.1 Å². The summed E-state index contributed by atoms with van der Waals surface area (Å²) in [7, 11) is 1.65. The normalized spacial score (nSPS) is 14.0. The maximum atomic E-state index is 5.15. The molecule has 0 aromatic carbocycles. The Morgan fingerprint density at radius 1 is 0.950 bits per heavy atom. The van der Waals surface area contributed by atoms with Gasteiger partial charge in [-0.3, -0.25) is 0 Å². The van der Waals surface area contributed by atoms with Crippen LogP contribution in [0.1, 0.15) is 78.0 Å². The highest BCUT2D eigenvalue weighted by Gasteiger charge is 2.28. The standard InChI is InChI=1S/C17H30N2O/c1-5-7-9-10-12-17(3,11-8-6-2)16-18-13-15(20-4)14-19-16/h13-14H,5-12H2,1-4H3. The molecule has 1 aromatic rings. The largest absolute Gasteiger partial charge is 0.494 e. The number of methoxy groups -OCH3 is 1. The maximum Gasteiger partial charge on any atom is 0.155 e. The summed E-state index contributed by atoms with van der Waals surface area (Å²) in [6, 6.07) is 0. The van der Waals surface area contributed by atoms with Crippen LogP contribution in [0.25, 0.3) is 0 Å². The van der Waals surface area contributed by atoms with Crippen molar-refractivity contribution in [2.75, 3.05) is 7.11 Å². The summed E-state index contributed by atoms with van der Waals surface area (Å²) in [5.41, 5.74) is 0.107. The van der Waals surface area contributed by atoms with Crippen molar-refractivity contribution in [3.05, 3.63) is 18.2 Å². The summed E-state index contributed by atoms with van der Waals surface area (Å²) in [5.74, 6) is 1.71. The predicted octanol–water partition coefficient (Wildman–Crippen LogP) is 4.90. The van der Waals surface area contributed by atoms with Crippen LogP contribution in [0.2, 0.25) is 0 Å². The van der Waals surface area contributed by atoms with E-state index in [0.717, 1.165) is 11.6 Å². The van der Waals surface area contributed by atoms with Crippen LogP contribution < -0.4 is 4.74 Å². The Morgan fingerprint density at radius 3 is 2.10 bits per heavy atom. The predicted molar refractivity (Wildman–Crippen MR) is 84.2 cm³/mol. The van der Waals surface area contributed by atoms with E-state index in [-0.39, 0.29) is 5.41 Å². The van der Waals surface area contributed by atoms with E-state index in [1.165, 1.54) is 51.4 Å². The third-order valence-electron chi connectivity index (χ3n) is 4.07. The fourth-order valence-corrected chi connectivity index (χ4v) is 2.59. The first-order chi connectivity index (χ1) is 9.66. The van der Waals surface area contributed by atoms with E-state index in [2.05, 4.69) is 30.7 Å². The third-order valence-corrected chi connectivity index (χ3v) is 4.07. The Morgan fingerprint density at radius 2 is 1.55 bits per heavy atom. The molecule has 1 unspecified atom stereocenters. The summed E-state index contributed by atoms with van der Waals surface area (Å²) < 4.78 is 5.15. The van der Waals surface area contributed by atoms with Gasteiger partial charge >= 0.3 is 0 Å². The first-order valence-corrected chi connectivity index (χ1v) is 8.02. The lowest BCUT2D eigenvalue weighted by Crippen LogP contribution is -2.25. The number of hydrogen-bond acceptors (Lipinski definition) is 3. The number of rotatable bonds is 10. The quantitative estimate of drug-likeness (QED) is 0.571. The molecular formula is C17H30N2O. The summed E-state index contributed by atoms with van der Waals surface area (Å²) in [6.07, 6.45) is 13.6. The monoisotopic (exact) mass is 278 g/mol. The molecule has 0 bridgehead atoms. The molecule has 3 nitrogen and oxygen atoms in total. The maximum absolute atomic E-state index is 5.15. The van der Waals surface area contributed by atoms with E-state index in [4.69, 9.17) is 4.74 Å². The zero-order chi connectivity index (χ0) is 14.8. The summed E-state index contributed by atoms with van der Waals surface area (Å²) in [4.78, 5) is 9.07. The molecule has 0 aliphatic carbocycles. The van der Waals surface area contributed by atoms with E-state index in [9.17, 15) is 0 Å².